The van der Waals surface area contributed by atoms with Crippen molar-refractivity contribution in [2.75, 3.05) is 13.2 Å². The third-order valence-corrected chi connectivity index (χ3v) is 2.40. The van der Waals surface area contributed by atoms with Gasteiger partial charge >= 0.3 is 0 Å². The predicted octanol–water partition coefficient (Wildman–Crippen LogP) is 2.37. The van der Waals surface area contributed by atoms with E-state index >= 15 is 0 Å². The maximum atomic E-state index is 8.72. The van der Waals surface area contributed by atoms with Gasteiger partial charge in [0, 0.05) is 17.6 Å². The zero-order valence-corrected chi connectivity index (χ0v) is 9.09. The van der Waals surface area contributed by atoms with E-state index in [0.29, 0.717) is 6.54 Å². The minimum atomic E-state index is 0.164. The van der Waals surface area contributed by atoms with Crippen LogP contribution in [0.15, 0.2) is 24.3 Å². The summed E-state index contributed by atoms with van der Waals surface area (Å²) in [4.78, 5) is 0. The van der Waals surface area contributed by atoms with Crippen LogP contribution in [0.4, 0.5) is 0 Å². The Morgan fingerprint density at radius 1 is 1.50 bits per heavy atom. The number of nitrogens with one attached hydrogen (secondary N) is 1. The number of hydrogen-bond acceptors (Lipinski definition) is 2. The summed E-state index contributed by atoms with van der Waals surface area (Å²) in [6.45, 7) is 2.89. The van der Waals surface area contributed by atoms with Gasteiger partial charge in [0.15, 0.2) is 0 Å². The van der Waals surface area contributed by atoms with Crippen LogP contribution in [-0.4, -0.2) is 18.3 Å². The lowest BCUT2D eigenvalue weighted by molar-refractivity contribution is 0.283. The van der Waals surface area contributed by atoms with E-state index in [-0.39, 0.29) is 12.6 Å². The van der Waals surface area contributed by atoms with Gasteiger partial charge in [-0.3, -0.25) is 0 Å². The van der Waals surface area contributed by atoms with Gasteiger partial charge < -0.3 is 10.4 Å². The molecule has 0 heterocycles. The first-order chi connectivity index (χ1) is 6.77. The summed E-state index contributed by atoms with van der Waals surface area (Å²) in [5.41, 5.74) is 1.17. The van der Waals surface area contributed by atoms with Crippen molar-refractivity contribution in [2.24, 2.45) is 0 Å². The normalized spacial score (nSPS) is 12.8. The molecule has 78 valence electrons. The molecule has 1 aromatic rings. The third-order valence-electron chi connectivity index (χ3n) is 2.16. The van der Waals surface area contributed by atoms with Gasteiger partial charge in [-0.2, -0.15) is 0 Å². The Morgan fingerprint density at radius 2 is 2.29 bits per heavy atom. The largest absolute Gasteiger partial charge is 0.395 e. The first kappa shape index (κ1) is 11.5. The van der Waals surface area contributed by atoms with Crippen molar-refractivity contribution in [1.82, 2.24) is 5.32 Å². The lowest BCUT2D eigenvalue weighted by Gasteiger charge is -2.16. The van der Waals surface area contributed by atoms with E-state index in [9.17, 15) is 0 Å². The summed E-state index contributed by atoms with van der Waals surface area (Å²) in [5, 5.41) is 12.7. The zero-order chi connectivity index (χ0) is 10.4. The summed E-state index contributed by atoms with van der Waals surface area (Å²) in [5.74, 6) is 0. The second kappa shape index (κ2) is 6.02. The summed E-state index contributed by atoms with van der Waals surface area (Å²) >= 11 is 5.90. The zero-order valence-electron chi connectivity index (χ0n) is 8.33. The average Bonchev–Trinajstić information content (AvgIpc) is 2.19. The highest BCUT2D eigenvalue weighted by Crippen LogP contribution is 2.19. The SMILES string of the molecule is CC[C@H](NCCO)c1cccc(Cl)c1. The molecule has 1 atom stereocenters. The molecule has 1 rings (SSSR count). The van der Waals surface area contributed by atoms with Crippen LogP contribution in [-0.2, 0) is 0 Å². The number of aliphatic hydroxyl groups excluding tert-OH is 1. The van der Waals surface area contributed by atoms with Crippen LogP contribution in [0, 0.1) is 0 Å². The van der Waals surface area contributed by atoms with Gasteiger partial charge in [-0.1, -0.05) is 30.7 Å². The van der Waals surface area contributed by atoms with E-state index in [1.807, 2.05) is 24.3 Å². The molecule has 0 spiro atoms. The molecule has 0 aromatic heterocycles. The topological polar surface area (TPSA) is 32.3 Å². The monoisotopic (exact) mass is 213 g/mol. The highest BCUT2D eigenvalue weighted by atomic mass is 35.5. The molecule has 0 saturated carbocycles. The number of halogens is 1. The van der Waals surface area contributed by atoms with Crippen molar-refractivity contribution in [3.8, 4) is 0 Å². The molecular formula is C11H16ClNO. The second-order valence-corrected chi connectivity index (χ2v) is 3.63. The van der Waals surface area contributed by atoms with Gasteiger partial charge in [-0.25, -0.2) is 0 Å². The Balaban J connectivity index is 2.68. The van der Waals surface area contributed by atoms with Gasteiger partial charge in [-0.05, 0) is 24.1 Å². The van der Waals surface area contributed by atoms with E-state index in [2.05, 4.69) is 12.2 Å². The molecule has 14 heavy (non-hydrogen) atoms. The minimum Gasteiger partial charge on any atom is -0.395 e. The van der Waals surface area contributed by atoms with E-state index in [1.165, 1.54) is 5.56 Å². The molecule has 0 radical (unpaired) electrons. The molecule has 1 aromatic carbocycles. The first-order valence-corrected chi connectivity index (χ1v) is 5.25. The van der Waals surface area contributed by atoms with E-state index < -0.39 is 0 Å². The van der Waals surface area contributed by atoms with Crippen LogP contribution in [0.1, 0.15) is 24.9 Å². The Bertz CT molecular complexity index is 278. The highest BCUT2D eigenvalue weighted by molar-refractivity contribution is 6.30. The molecule has 0 aliphatic rings. The van der Waals surface area contributed by atoms with E-state index in [4.69, 9.17) is 16.7 Å². The Labute approximate surface area is 89.9 Å². The molecule has 2 nitrogen and oxygen atoms in total. The van der Waals surface area contributed by atoms with Gasteiger partial charge in [0.25, 0.3) is 0 Å². The third kappa shape index (κ3) is 3.29. The van der Waals surface area contributed by atoms with Crippen LogP contribution in [0.5, 0.6) is 0 Å². The lowest BCUT2D eigenvalue weighted by atomic mass is 10.0. The quantitative estimate of drug-likeness (QED) is 0.787. The molecule has 0 aliphatic carbocycles. The highest BCUT2D eigenvalue weighted by Gasteiger charge is 2.07. The molecule has 0 unspecified atom stereocenters. The van der Waals surface area contributed by atoms with Crippen molar-refractivity contribution in [2.45, 2.75) is 19.4 Å². The van der Waals surface area contributed by atoms with Crippen molar-refractivity contribution >= 4 is 11.6 Å². The molecule has 0 amide bonds. The Hall–Kier alpha value is -0.570. The molecule has 0 fully saturated rings. The number of rotatable bonds is 5. The number of benzene rings is 1. The smallest absolute Gasteiger partial charge is 0.0556 e. The molecule has 3 heteroatoms. The van der Waals surface area contributed by atoms with Crippen LogP contribution in [0.25, 0.3) is 0 Å². The van der Waals surface area contributed by atoms with E-state index in [1.54, 1.807) is 0 Å². The van der Waals surface area contributed by atoms with Crippen molar-refractivity contribution < 1.29 is 5.11 Å². The first-order valence-electron chi connectivity index (χ1n) is 4.87. The van der Waals surface area contributed by atoms with E-state index in [0.717, 1.165) is 11.4 Å². The maximum Gasteiger partial charge on any atom is 0.0556 e. The Morgan fingerprint density at radius 3 is 2.86 bits per heavy atom. The summed E-state index contributed by atoms with van der Waals surface area (Å²) in [6, 6.07) is 8.09. The minimum absolute atomic E-state index is 0.164. The number of hydrogen-bond donors (Lipinski definition) is 2. The van der Waals surface area contributed by atoms with Crippen molar-refractivity contribution in [3.05, 3.63) is 34.9 Å². The average molecular weight is 214 g/mol. The fourth-order valence-corrected chi connectivity index (χ4v) is 1.66. The lowest BCUT2D eigenvalue weighted by Crippen LogP contribution is -2.23. The molecule has 2 N–H and O–H groups in total. The van der Waals surface area contributed by atoms with Gasteiger partial charge in [0.05, 0.1) is 6.61 Å². The Kier molecular flexibility index (Phi) is 4.94. The van der Waals surface area contributed by atoms with Gasteiger partial charge in [-0.15, -0.1) is 0 Å². The van der Waals surface area contributed by atoms with Crippen LogP contribution in [0.2, 0.25) is 5.02 Å². The fraction of sp³-hybridized carbons (Fsp3) is 0.455. The number of aliphatic hydroxyl groups is 1. The van der Waals surface area contributed by atoms with Crippen molar-refractivity contribution in [3.63, 3.8) is 0 Å². The second-order valence-electron chi connectivity index (χ2n) is 3.19. The van der Waals surface area contributed by atoms with Gasteiger partial charge in [0.2, 0.25) is 0 Å². The molecule has 0 bridgehead atoms. The maximum absolute atomic E-state index is 8.72. The molecule has 0 saturated heterocycles. The van der Waals surface area contributed by atoms with Crippen LogP contribution < -0.4 is 5.32 Å². The van der Waals surface area contributed by atoms with Gasteiger partial charge in [0.1, 0.15) is 0 Å². The fourth-order valence-electron chi connectivity index (χ4n) is 1.46. The molecular weight excluding hydrogens is 198 g/mol. The standard InChI is InChI=1S/C11H16ClNO/c1-2-11(13-6-7-14)9-4-3-5-10(12)8-9/h3-5,8,11,13-14H,2,6-7H2,1H3/t11-/m0/s1. The van der Waals surface area contributed by atoms with Crippen LogP contribution >= 0.6 is 11.6 Å². The molecule has 0 aliphatic heterocycles. The summed E-state index contributed by atoms with van der Waals surface area (Å²) in [6.07, 6.45) is 0.986. The summed E-state index contributed by atoms with van der Waals surface area (Å²) in [7, 11) is 0. The van der Waals surface area contributed by atoms with Crippen molar-refractivity contribution in [1.29, 1.82) is 0 Å². The summed E-state index contributed by atoms with van der Waals surface area (Å²) < 4.78 is 0. The van der Waals surface area contributed by atoms with Crippen LogP contribution in [0.3, 0.4) is 0 Å². The predicted molar refractivity (Wildman–Crippen MR) is 59.6 cm³/mol.